The van der Waals surface area contributed by atoms with E-state index in [2.05, 4.69) is 16.0 Å². The van der Waals surface area contributed by atoms with Crippen LogP contribution < -0.4 is 16.0 Å². The third kappa shape index (κ3) is 8.60. The zero-order chi connectivity index (χ0) is 29.8. The number of amides is 4. The summed E-state index contributed by atoms with van der Waals surface area (Å²) in [6.07, 6.45) is 4.01. The molecule has 12 heteroatoms. The molecule has 4 amide bonds. The van der Waals surface area contributed by atoms with Gasteiger partial charge < -0.3 is 25.6 Å². The predicted molar refractivity (Wildman–Crippen MR) is 142 cm³/mol. The van der Waals surface area contributed by atoms with E-state index in [1.165, 1.54) is 12.0 Å². The van der Waals surface area contributed by atoms with Gasteiger partial charge in [-0.15, -0.1) is 0 Å². The lowest BCUT2D eigenvalue weighted by Gasteiger charge is -2.35. The molecule has 0 bridgehead atoms. The van der Waals surface area contributed by atoms with Gasteiger partial charge in [-0.3, -0.25) is 19.2 Å². The van der Waals surface area contributed by atoms with Crippen molar-refractivity contribution in [2.75, 3.05) is 13.7 Å². The summed E-state index contributed by atoms with van der Waals surface area (Å²) in [5, 5.41) is 7.69. The highest BCUT2D eigenvalue weighted by Crippen LogP contribution is 2.39. The van der Waals surface area contributed by atoms with Crippen LogP contribution in [0.4, 0.5) is 13.6 Å². The molecule has 40 heavy (non-hydrogen) atoms. The molecule has 2 saturated carbocycles. The Labute approximate surface area is 234 Å². The van der Waals surface area contributed by atoms with Gasteiger partial charge in [0.2, 0.25) is 23.5 Å². The lowest BCUT2D eigenvalue weighted by Crippen LogP contribution is -2.59. The topological polar surface area (TPSA) is 134 Å². The number of Topliss-reactive ketones (excluding diaryl/α,β-unsaturated/α-hetero) is 1. The maximum atomic E-state index is 13.9. The summed E-state index contributed by atoms with van der Waals surface area (Å²) in [4.78, 5) is 66.5. The van der Waals surface area contributed by atoms with Crippen LogP contribution >= 0.6 is 0 Å². The van der Waals surface area contributed by atoms with Crippen molar-refractivity contribution in [2.45, 2.75) is 116 Å². The molecule has 1 heterocycles. The third-order valence-corrected chi connectivity index (χ3v) is 8.19. The number of halogens is 2. The van der Waals surface area contributed by atoms with Crippen LogP contribution in [-0.4, -0.2) is 78.2 Å². The van der Waals surface area contributed by atoms with E-state index in [9.17, 15) is 32.8 Å². The SMILES string of the molecule is COC(=O)N[C@H](C(=O)N1CC(C2CCCC2)C[C@H]1C(=O)N[C@@H](CCC(C)(F)F)C(=O)C(=O)NC1CC1)C(C)(C)C. The van der Waals surface area contributed by atoms with Crippen LogP contribution in [0.1, 0.15) is 85.5 Å². The van der Waals surface area contributed by atoms with Crippen molar-refractivity contribution >= 4 is 29.6 Å². The molecule has 0 aromatic rings. The van der Waals surface area contributed by atoms with Crippen LogP contribution in [0.3, 0.4) is 0 Å². The fraction of sp³-hybridized carbons (Fsp3) is 0.821. The van der Waals surface area contributed by atoms with Crippen LogP contribution in [0.15, 0.2) is 0 Å². The average Bonchev–Trinajstić information content (AvgIpc) is 3.32. The Morgan fingerprint density at radius 1 is 0.950 bits per heavy atom. The Bertz CT molecular complexity index is 969. The largest absolute Gasteiger partial charge is 0.453 e. The highest BCUT2D eigenvalue weighted by atomic mass is 19.3. The van der Waals surface area contributed by atoms with E-state index >= 15 is 0 Å². The van der Waals surface area contributed by atoms with Gasteiger partial charge in [-0.25, -0.2) is 13.6 Å². The van der Waals surface area contributed by atoms with Crippen molar-refractivity contribution in [2.24, 2.45) is 17.3 Å². The summed E-state index contributed by atoms with van der Waals surface area (Å²) in [6.45, 7) is 6.35. The summed E-state index contributed by atoms with van der Waals surface area (Å²) < 4.78 is 32.1. The Morgan fingerprint density at radius 2 is 1.57 bits per heavy atom. The number of nitrogens with one attached hydrogen (secondary N) is 3. The zero-order valence-corrected chi connectivity index (χ0v) is 24.2. The number of carbonyl (C=O) groups is 5. The molecular weight excluding hydrogens is 526 g/mol. The first-order valence-corrected chi connectivity index (χ1v) is 14.3. The van der Waals surface area contributed by atoms with E-state index in [1.807, 2.05) is 0 Å². The number of methoxy groups -OCH3 is 1. The molecule has 3 aliphatic rings. The quantitative estimate of drug-likeness (QED) is 0.327. The molecular formula is C28H44F2N4O6. The molecule has 1 unspecified atom stereocenters. The maximum Gasteiger partial charge on any atom is 0.407 e. The Balaban J connectivity index is 1.84. The molecule has 0 radical (unpaired) electrons. The highest BCUT2D eigenvalue weighted by molar-refractivity contribution is 6.38. The Hall–Kier alpha value is -2.79. The van der Waals surface area contributed by atoms with Crippen molar-refractivity contribution in [1.82, 2.24) is 20.9 Å². The second kappa shape index (κ2) is 12.8. The first-order chi connectivity index (χ1) is 18.6. The highest BCUT2D eigenvalue weighted by Gasteiger charge is 2.47. The monoisotopic (exact) mass is 570 g/mol. The van der Waals surface area contributed by atoms with Crippen LogP contribution in [0.25, 0.3) is 0 Å². The lowest BCUT2D eigenvalue weighted by atomic mass is 9.85. The lowest BCUT2D eigenvalue weighted by molar-refractivity contribution is -0.144. The fourth-order valence-corrected chi connectivity index (χ4v) is 5.70. The van der Waals surface area contributed by atoms with Crippen molar-refractivity contribution in [3.8, 4) is 0 Å². The summed E-state index contributed by atoms with van der Waals surface area (Å²) in [5.41, 5.74) is -0.718. The van der Waals surface area contributed by atoms with E-state index < -0.39 is 71.9 Å². The van der Waals surface area contributed by atoms with E-state index in [0.717, 1.165) is 38.5 Å². The number of carbonyl (C=O) groups excluding carboxylic acids is 5. The molecule has 4 atom stereocenters. The van der Waals surface area contributed by atoms with Crippen LogP contribution in [0, 0.1) is 17.3 Å². The molecule has 3 N–H and O–H groups in total. The number of alkyl carbamates (subject to hydrolysis) is 1. The zero-order valence-electron chi connectivity index (χ0n) is 24.2. The van der Waals surface area contributed by atoms with E-state index in [-0.39, 0.29) is 12.0 Å². The maximum absolute atomic E-state index is 13.9. The normalized spacial score (nSPS) is 23.3. The van der Waals surface area contributed by atoms with Gasteiger partial charge in [-0.2, -0.15) is 0 Å². The van der Waals surface area contributed by atoms with Gasteiger partial charge in [0.05, 0.1) is 13.2 Å². The molecule has 0 aromatic carbocycles. The molecule has 0 aromatic heterocycles. The van der Waals surface area contributed by atoms with Gasteiger partial charge in [0.1, 0.15) is 12.1 Å². The average molecular weight is 571 g/mol. The number of nitrogens with zero attached hydrogens (tertiary/aromatic N) is 1. The van der Waals surface area contributed by atoms with Crippen molar-refractivity contribution < 1.29 is 37.5 Å². The minimum absolute atomic E-state index is 0.0354. The first-order valence-electron chi connectivity index (χ1n) is 14.3. The number of hydrogen-bond acceptors (Lipinski definition) is 6. The third-order valence-electron chi connectivity index (χ3n) is 8.19. The molecule has 1 saturated heterocycles. The molecule has 3 fully saturated rings. The van der Waals surface area contributed by atoms with Crippen LogP contribution in [0.5, 0.6) is 0 Å². The van der Waals surface area contributed by atoms with Gasteiger partial charge in [0.25, 0.3) is 5.91 Å². The van der Waals surface area contributed by atoms with Crippen molar-refractivity contribution in [3.05, 3.63) is 0 Å². The Morgan fingerprint density at radius 3 is 2.10 bits per heavy atom. The second-order valence-electron chi connectivity index (χ2n) is 12.8. The van der Waals surface area contributed by atoms with Crippen molar-refractivity contribution in [3.63, 3.8) is 0 Å². The van der Waals surface area contributed by atoms with Gasteiger partial charge in [0, 0.05) is 19.0 Å². The van der Waals surface area contributed by atoms with Gasteiger partial charge in [-0.05, 0) is 49.9 Å². The smallest absolute Gasteiger partial charge is 0.407 e. The van der Waals surface area contributed by atoms with Gasteiger partial charge in [-0.1, -0.05) is 46.5 Å². The van der Waals surface area contributed by atoms with Gasteiger partial charge >= 0.3 is 6.09 Å². The minimum atomic E-state index is -3.10. The number of ketones is 1. The first kappa shape index (κ1) is 31.7. The molecule has 0 spiro atoms. The number of hydrogen-bond donors (Lipinski definition) is 3. The molecule has 1 aliphatic heterocycles. The summed E-state index contributed by atoms with van der Waals surface area (Å²) in [6, 6.07) is -3.55. The Kier molecular flexibility index (Phi) is 10.2. The summed E-state index contributed by atoms with van der Waals surface area (Å²) in [7, 11) is 1.19. The van der Waals surface area contributed by atoms with E-state index in [1.54, 1.807) is 20.8 Å². The summed E-state index contributed by atoms with van der Waals surface area (Å²) in [5.74, 6) is -5.76. The van der Waals surface area contributed by atoms with E-state index in [0.29, 0.717) is 25.8 Å². The minimum Gasteiger partial charge on any atom is -0.453 e. The number of ether oxygens (including phenoxy) is 1. The molecule has 10 nitrogen and oxygen atoms in total. The summed E-state index contributed by atoms with van der Waals surface area (Å²) >= 11 is 0. The second-order valence-corrected chi connectivity index (χ2v) is 12.8. The molecule has 2 aliphatic carbocycles. The number of alkyl halides is 2. The number of likely N-dealkylation sites (tertiary alicyclic amines) is 1. The number of rotatable bonds is 11. The van der Waals surface area contributed by atoms with Gasteiger partial charge in [0.15, 0.2) is 0 Å². The fourth-order valence-electron chi connectivity index (χ4n) is 5.70. The standard InChI is InChI=1S/C28H44F2N4O6/c1-27(2,3)22(33-26(39)40-5)25(38)34-15-17(16-8-6-7-9-16)14-20(34)23(36)32-19(12-13-28(4,29)30)21(35)24(37)31-18-10-11-18/h16-20,22H,6-15H2,1-5H3,(H,31,37)(H,32,36)(H,33,39)/t17?,19-,20-,22+/m0/s1. The predicted octanol–water partition coefficient (Wildman–Crippen LogP) is 2.93. The molecule has 226 valence electrons. The molecule has 3 rings (SSSR count). The van der Waals surface area contributed by atoms with Crippen LogP contribution in [0.2, 0.25) is 0 Å². The van der Waals surface area contributed by atoms with Crippen molar-refractivity contribution in [1.29, 1.82) is 0 Å². The van der Waals surface area contributed by atoms with Crippen LogP contribution in [-0.2, 0) is 23.9 Å². The van der Waals surface area contributed by atoms with E-state index in [4.69, 9.17) is 4.74 Å².